The first-order valence-corrected chi connectivity index (χ1v) is 9.82. The molecular weight excluding hydrogens is 373 g/mol. The summed E-state index contributed by atoms with van der Waals surface area (Å²) in [4.78, 5) is 18.7. The molecule has 1 aliphatic carbocycles. The third-order valence-electron chi connectivity index (χ3n) is 6.16. The molecular formula is C20H27F3N2O3. The first kappa shape index (κ1) is 20.9. The van der Waals surface area contributed by atoms with Gasteiger partial charge in [-0.05, 0) is 51.5 Å². The van der Waals surface area contributed by atoms with E-state index in [1.54, 1.807) is 11.0 Å². The average molecular weight is 400 g/mol. The SMILES string of the molecule is CCC[C@]1(O)CC[C@]2(CCN(c3ccc(O[C@@H](C)C(F)(F)F)nc3)C2=O)CC1. The molecule has 1 aliphatic heterocycles. The van der Waals surface area contributed by atoms with Gasteiger partial charge >= 0.3 is 6.18 Å². The van der Waals surface area contributed by atoms with Gasteiger partial charge in [0.2, 0.25) is 11.8 Å². The van der Waals surface area contributed by atoms with E-state index in [1.165, 1.54) is 12.3 Å². The number of anilines is 1. The minimum atomic E-state index is -4.46. The van der Waals surface area contributed by atoms with E-state index in [2.05, 4.69) is 4.98 Å². The number of hydrogen-bond acceptors (Lipinski definition) is 4. The molecule has 156 valence electrons. The minimum Gasteiger partial charge on any atom is -0.465 e. The summed E-state index contributed by atoms with van der Waals surface area (Å²) in [6.45, 7) is 3.51. The highest BCUT2D eigenvalue weighted by Crippen LogP contribution is 2.49. The third kappa shape index (κ3) is 4.11. The van der Waals surface area contributed by atoms with Crippen molar-refractivity contribution in [3.8, 4) is 5.88 Å². The largest absolute Gasteiger partial charge is 0.465 e. The first-order valence-electron chi connectivity index (χ1n) is 9.82. The summed E-state index contributed by atoms with van der Waals surface area (Å²) < 4.78 is 42.6. The summed E-state index contributed by atoms with van der Waals surface area (Å²) in [6.07, 6.45) is -0.0679. The maximum atomic E-state index is 13.1. The van der Waals surface area contributed by atoms with Crippen LogP contribution in [0, 0.1) is 5.41 Å². The van der Waals surface area contributed by atoms with Gasteiger partial charge in [0.1, 0.15) is 0 Å². The molecule has 2 aliphatic rings. The van der Waals surface area contributed by atoms with Gasteiger partial charge in [0.25, 0.3) is 0 Å². The summed E-state index contributed by atoms with van der Waals surface area (Å²) in [5.74, 6) is -0.109. The Kier molecular flexibility index (Phi) is 5.62. The number of aliphatic hydroxyl groups is 1. The van der Waals surface area contributed by atoms with Crippen molar-refractivity contribution in [2.75, 3.05) is 11.4 Å². The number of hydrogen-bond donors (Lipinski definition) is 1. The molecule has 1 atom stereocenters. The van der Waals surface area contributed by atoms with Crippen molar-refractivity contribution in [2.45, 2.75) is 76.7 Å². The normalized spacial score (nSPS) is 29.4. The summed E-state index contributed by atoms with van der Waals surface area (Å²) in [6, 6.07) is 2.93. The molecule has 8 heteroatoms. The summed E-state index contributed by atoms with van der Waals surface area (Å²) in [5, 5.41) is 10.6. The van der Waals surface area contributed by atoms with Crippen LogP contribution in [-0.4, -0.2) is 40.4 Å². The molecule has 1 saturated heterocycles. The molecule has 1 N–H and O–H groups in total. The lowest BCUT2D eigenvalue weighted by Crippen LogP contribution is -2.43. The molecule has 1 aromatic rings. The zero-order valence-corrected chi connectivity index (χ0v) is 16.3. The number of amides is 1. The summed E-state index contributed by atoms with van der Waals surface area (Å²) >= 11 is 0. The van der Waals surface area contributed by atoms with Crippen molar-refractivity contribution in [3.63, 3.8) is 0 Å². The van der Waals surface area contributed by atoms with Gasteiger partial charge in [0.15, 0.2) is 6.10 Å². The Bertz CT molecular complexity index is 698. The lowest BCUT2D eigenvalue weighted by atomic mass is 9.67. The van der Waals surface area contributed by atoms with Gasteiger partial charge in [-0.15, -0.1) is 0 Å². The van der Waals surface area contributed by atoms with Crippen molar-refractivity contribution in [3.05, 3.63) is 18.3 Å². The van der Waals surface area contributed by atoms with E-state index in [0.717, 1.165) is 26.2 Å². The van der Waals surface area contributed by atoms with Crippen LogP contribution in [0.25, 0.3) is 0 Å². The van der Waals surface area contributed by atoms with Crippen LogP contribution < -0.4 is 9.64 Å². The lowest BCUT2D eigenvalue weighted by Gasteiger charge is -2.40. The van der Waals surface area contributed by atoms with E-state index in [9.17, 15) is 23.1 Å². The molecule has 1 saturated carbocycles. The van der Waals surface area contributed by atoms with Gasteiger partial charge in [0, 0.05) is 12.6 Å². The third-order valence-corrected chi connectivity index (χ3v) is 6.16. The Morgan fingerprint density at radius 2 is 1.93 bits per heavy atom. The standard InChI is InChI=1S/C20H27F3N2O3/c1-3-6-19(27)9-7-18(8-10-19)11-12-25(17(18)26)15-4-5-16(24-13-15)28-14(2)20(21,22)23/h4-5,13-14,27H,3,6-12H2,1-2H3/t14-,18-,19+/m0/s1. The van der Waals surface area contributed by atoms with Crippen molar-refractivity contribution in [2.24, 2.45) is 5.41 Å². The highest BCUT2D eigenvalue weighted by Gasteiger charge is 2.51. The van der Waals surface area contributed by atoms with Gasteiger partial charge in [-0.3, -0.25) is 4.79 Å². The number of carbonyl (C=O) groups is 1. The number of rotatable bonds is 5. The zero-order valence-electron chi connectivity index (χ0n) is 16.3. The van der Waals surface area contributed by atoms with Gasteiger partial charge in [-0.1, -0.05) is 13.3 Å². The molecule has 28 heavy (non-hydrogen) atoms. The number of alkyl halides is 3. The fourth-order valence-corrected chi connectivity index (χ4v) is 4.29. The van der Waals surface area contributed by atoms with Crippen molar-refractivity contribution < 1.29 is 27.8 Å². The zero-order chi connectivity index (χ0) is 20.6. The van der Waals surface area contributed by atoms with Crippen LogP contribution in [0.3, 0.4) is 0 Å². The Morgan fingerprint density at radius 3 is 2.46 bits per heavy atom. The number of ether oxygens (including phenoxy) is 1. The second-order valence-electron chi connectivity index (χ2n) is 8.12. The van der Waals surface area contributed by atoms with E-state index in [0.29, 0.717) is 37.9 Å². The lowest BCUT2D eigenvalue weighted by molar-refractivity contribution is -0.189. The number of nitrogens with zero attached hydrogens (tertiary/aromatic N) is 2. The highest BCUT2D eigenvalue weighted by atomic mass is 19.4. The Morgan fingerprint density at radius 1 is 1.25 bits per heavy atom. The molecule has 3 rings (SSSR count). The topological polar surface area (TPSA) is 62.7 Å². The van der Waals surface area contributed by atoms with Gasteiger partial charge < -0.3 is 14.7 Å². The quantitative estimate of drug-likeness (QED) is 0.803. The van der Waals surface area contributed by atoms with E-state index in [1.807, 2.05) is 6.92 Å². The number of halogens is 3. The van der Waals surface area contributed by atoms with Crippen LogP contribution in [0.4, 0.5) is 18.9 Å². The average Bonchev–Trinajstić information content (AvgIpc) is 2.95. The Labute approximate surface area is 162 Å². The molecule has 1 aromatic heterocycles. The van der Waals surface area contributed by atoms with E-state index < -0.39 is 23.3 Å². The molecule has 0 aromatic carbocycles. The van der Waals surface area contributed by atoms with Crippen LogP contribution in [0.5, 0.6) is 5.88 Å². The minimum absolute atomic E-state index is 0.0187. The number of carbonyl (C=O) groups excluding carboxylic acids is 1. The molecule has 1 spiro atoms. The maximum Gasteiger partial charge on any atom is 0.425 e. The Balaban J connectivity index is 1.65. The first-order chi connectivity index (χ1) is 13.1. The number of pyridine rings is 1. The molecule has 2 fully saturated rings. The fraction of sp³-hybridized carbons (Fsp3) is 0.700. The fourth-order valence-electron chi connectivity index (χ4n) is 4.29. The highest BCUT2D eigenvalue weighted by molar-refractivity contribution is 5.99. The second kappa shape index (κ2) is 7.54. The van der Waals surface area contributed by atoms with E-state index in [4.69, 9.17) is 4.74 Å². The molecule has 5 nitrogen and oxygen atoms in total. The van der Waals surface area contributed by atoms with Crippen LogP contribution in [-0.2, 0) is 4.79 Å². The van der Waals surface area contributed by atoms with Crippen molar-refractivity contribution in [1.82, 2.24) is 4.98 Å². The predicted molar refractivity (Wildman–Crippen MR) is 98.1 cm³/mol. The molecule has 0 unspecified atom stereocenters. The predicted octanol–water partition coefficient (Wildman–Crippen LogP) is 4.24. The smallest absolute Gasteiger partial charge is 0.425 e. The van der Waals surface area contributed by atoms with Crippen molar-refractivity contribution in [1.29, 1.82) is 0 Å². The van der Waals surface area contributed by atoms with Gasteiger partial charge in [-0.25, -0.2) is 4.98 Å². The van der Waals surface area contributed by atoms with Gasteiger partial charge in [0.05, 0.1) is 22.9 Å². The Hall–Kier alpha value is -1.83. The van der Waals surface area contributed by atoms with Gasteiger partial charge in [-0.2, -0.15) is 13.2 Å². The summed E-state index contributed by atoms with van der Waals surface area (Å²) in [7, 11) is 0. The van der Waals surface area contributed by atoms with Crippen LogP contribution in [0.1, 0.15) is 58.8 Å². The molecule has 0 radical (unpaired) electrons. The molecule has 2 heterocycles. The van der Waals surface area contributed by atoms with Crippen LogP contribution >= 0.6 is 0 Å². The van der Waals surface area contributed by atoms with E-state index in [-0.39, 0.29) is 11.8 Å². The monoisotopic (exact) mass is 400 g/mol. The molecule has 1 amide bonds. The van der Waals surface area contributed by atoms with Crippen LogP contribution in [0.15, 0.2) is 18.3 Å². The van der Waals surface area contributed by atoms with Crippen molar-refractivity contribution >= 4 is 11.6 Å². The molecule has 0 bridgehead atoms. The number of aromatic nitrogens is 1. The van der Waals surface area contributed by atoms with E-state index >= 15 is 0 Å². The van der Waals surface area contributed by atoms with Crippen LogP contribution in [0.2, 0.25) is 0 Å². The summed E-state index contributed by atoms with van der Waals surface area (Å²) in [5.41, 5.74) is -0.549. The maximum absolute atomic E-state index is 13.1. The second-order valence-corrected chi connectivity index (χ2v) is 8.12.